The van der Waals surface area contributed by atoms with Crippen molar-refractivity contribution in [3.05, 3.63) is 51.1 Å². The van der Waals surface area contributed by atoms with E-state index in [-0.39, 0.29) is 5.41 Å². The maximum Gasteiger partial charge on any atom is 0.155 e. The largest absolute Gasteiger partial charge is 0.591 e. The van der Waals surface area contributed by atoms with E-state index in [4.69, 9.17) is 21.0 Å². The van der Waals surface area contributed by atoms with E-state index in [1.54, 1.807) is 12.4 Å². The topological polar surface area (TPSA) is 81.7 Å². The lowest BCUT2D eigenvalue weighted by Gasteiger charge is -2.40. The highest BCUT2D eigenvalue weighted by atomic mass is 79.9. The molecule has 0 unspecified atom stereocenters. The molecule has 10 heteroatoms. The number of piperidine rings is 1. The fourth-order valence-electron chi connectivity index (χ4n) is 4.71. The quantitative estimate of drug-likeness (QED) is 0.423. The summed E-state index contributed by atoms with van der Waals surface area (Å²) in [7, 11) is 0. The minimum Gasteiger partial charge on any atom is -0.591 e. The maximum atomic E-state index is 13.0. The van der Waals surface area contributed by atoms with Crippen LogP contribution in [0, 0.1) is 12.3 Å². The number of nitrogens with zero attached hydrogens (tertiary/aromatic N) is 6. The Morgan fingerprint density at radius 2 is 2.00 bits per heavy atom. The van der Waals surface area contributed by atoms with Gasteiger partial charge in [0.15, 0.2) is 5.82 Å². The molecule has 0 N–H and O–H groups in total. The predicted octanol–water partition coefficient (Wildman–Crippen LogP) is 4.94. The van der Waals surface area contributed by atoms with Crippen molar-refractivity contribution in [3.63, 3.8) is 0 Å². The third-order valence-electron chi connectivity index (χ3n) is 6.55. The minimum atomic E-state index is -1.36. The summed E-state index contributed by atoms with van der Waals surface area (Å²) in [5.74, 6) is 0.941. The van der Waals surface area contributed by atoms with Gasteiger partial charge in [0.2, 0.25) is 0 Å². The molecule has 0 radical (unpaired) electrons. The molecule has 3 aromatic heterocycles. The molecule has 1 fully saturated rings. The van der Waals surface area contributed by atoms with Crippen molar-refractivity contribution in [1.29, 1.82) is 0 Å². The molecule has 0 aromatic carbocycles. The van der Waals surface area contributed by atoms with Gasteiger partial charge in [0.1, 0.15) is 31.9 Å². The molecule has 174 valence electrons. The number of aryl methyl sites for hydroxylation is 1. The van der Waals surface area contributed by atoms with E-state index in [2.05, 4.69) is 30.9 Å². The van der Waals surface area contributed by atoms with E-state index >= 15 is 0 Å². The molecule has 33 heavy (non-hydrogen) atoms. The average molecular weight is 550 g/mol. The summed E-state index contributed by atoms with van der Waals surface area (Å²) in [6, 6.07) is 3.92. The van der Waals surface area contributed by atoms with Crippen molar-refractivity contribution < 1.29 is 4.55 Å². The van der Waals surface area contributed by atoms with E-state index in [1.807, 2.05) is 44.3 Å². The summed E-state index contributed by atoms with van der Waals surface area (Å²) in [6.07, 6.45) is 6.03. The molecule has 1 atom stereocenters. The van der Waals surface area contributed by atoms with Crippen LogP contribution in [0.15, 0.2) is 33.5 Å². The van der Waals surface area contributed by atoms with Crippen LogP contribution < -0.4 is 4.90 Å². The van der Waals surface area contributed by atoms with Crippen LogP contribution in [0.3, 0.4) is 0 Å². The molecule has 1 aliphatic carbocycles. The van der Waals surface area contributed by atoms with E-state index in [9.17, 15) is 4.55 Å². The Balaban J connectivity index is 1.50. The zero-order valence-corrected chi connectivity index (χ0v) is 22.3. The average Bonchev–Trinajstić information content (AvgIpc) is 3.35. The molecule has 7 nitrogen and oxygen atoms in total. The van der Waals surface area contributed by atoms with E-state index in [0.29, 0.717) is 5.02 Å². The second kappa shape index (κ2) is 8.22. The van der Waals surface area contributed by atoms with Gasteiger partial charge in [0.25, 0.3) is 0 Å². The van der Waals surface area contributed by atoms with Crippen LogP contribution in [0.5, 0.6) is 0 Å². The number of hydrogen-bond donors (Lipinski definition) is 0. The first kappa shape index (κ1) is 23.1. The lowest BCUT2D eigenvalue weighted by molar-refractivity contribution is 0.328. The first-order valence-electron chi connectivity index (χ1n) is 11.0. The van der Waals surface area contributed by atoms with E-state index in [0.717, 1.165) is 71.0 Å². The molecule has 1 aliphatic heterocycles. The van der Waals surface area contributed by atoms with Crippen molar-refractivity contribution in [2.75, 3.05) is 18.0 Å². The highest BCUT2D eigenvalue weighted by molar-refractivity contribution is 9.10. The Kier molecular flexibility index (Phi) is 5.75. The smallest absolute Gasteiger partial charge is 0.155 e. The van der Waals surface area contributed by atoms with Crippen LogP contribution in [0.25, 0.3) is 5.52 Å². The molecule has 1 spiro atoms. The van der Waals surface area contributed by atoms with Crippen LogP contribution >= 0.6 is 27.5 Å². The zero-order chi connectivity index (χ0) is 23.5. The van der Waals surface area contributed by atoms with Crippen molar-refractivity contribution in [2.45, 2.75) is 51.7 Å². The number of hydrogen-bond acceptors (Lipinski definition) is 6. The van der Waals surface area contributed by atoms with Crippen molar-refractivity contribution >= 4 is 55.9 Å². The fraction of sp³-hybridized carbons (Fsp3) is 0.478. The van der Waals surface area contributed by atoms with Crippen LogP contribution in [0.1, 0.15) is 50.6 Å². The van der Waals surface area contributed by atoms with Crippen LogP contribution in [0.2, 0.25) is 5.02 Å². The summed E-state index contributed by atoms with van der Waals surface area (Å²) in [5, 5.41) is 5.02. The normalized spacial score (nSPS) is 20.1. The molecule has 1 saturated heterocycles. The number of anilines is 1. The van der Waals surface area contributed by atoms with Crippen molar-refractivity contribution in [2.24, 2.45) is 9.81 Å². The van der Waals surface area contributed by atoms with Crippen LogP contribution in [0.4, 0.5) is 5.82 Å². The SMILES string of the molecule is Cc1nc(N2CCC3(CC2)Cc2ncc(Cl)cc2/C3=N\[S@+]([O-])C(C)(C)C)c2ccnn2c1Br. The molecule has 5 rings (SSSR count). The Bertz CT molecular complexity index is 1260. The van der Waals surface area contributed by atoms with Crippen LogP contribution in [-0.4, -0.2) is 47.7 Å². The van der Waals surface area contributed by atoms with Gasteiger partial charge in [-0.25, -0.2) is 9.50 Å². The lowest BCUT2D eigenvalue weighted by atomic mass is 9.75. The molecule has 3 aromatic rings. The monoisotopic (exact) mass is 548 g/mol. The second-order valence-corrected chi connectivity index (χ2v) is 12.9. The Morgan fingerprint density at radius 1 is 1.27 bits per heavy atom. The molecular weight excluding hydrogens is 524 g/mol. The van der Waals surface area contributed by atoms with Crippen molar-refractivity contribution in [1.82, 2.24) is 19.6 Å². The summed E-state index contributed by atoms with van der Waals surface area (Å²) < 4.78 is 20.2. The van der Waals surface area contributed by atoms with Gasteiger partial charge < -0.3 is 9.45 Å². The lowest BCUT2D eigenvalue weighted by Crippen LogP contribution is -2.44. The Morgan fingerprint density at radius 3 is 2.70 bits per heavy atom. The number of aromatic nitrogens is 4. The van der Waals surface area contributed by atoms with Crippen molar-refractivity contribution in [3.8, 4) is 0 Å². The summed E-state index contributed by atoms with van der Waals surface area (Å²) in [4.78, 5) is 11.8. The molecule has 0 amide bonds. The van der Waals surface area contributed by atoms with Gasteiger partial charge in [-0.3, -0.25) is 4.98 Å². The molecule has 0 saturated carbocycles. The van der Waals surface area contributed by atoms with Gasteiger partial charge in [-0.1, -0.05) is 16.0 Å². The van der Waals surface area contributed by atoms with Gasteiger partial charge in [-0.2, -0.15) is 5.10 Å². The Labute approximate surface area is 210 Å². The summed E-state index contributed by atoms with van der Waals surface area (Å²) in [5.41, 5.74) is 4.52. The number of rotatable bonds is 2. The third kappa shape index (κ3) is 3.96. The predicted molar refractivity (Wildman–Crippen MR) is 137 cm³/mol. The Hall–Kier alpha value is -1.68. The van der Waals surface area contributed by atoms with Gasteiger partial charge in [0.05, 0.1) is 22.6 Å². The highest BCUT2D eigenvalue weighted by Gasteiger charge is 2.48. The van der Waals surface area contributed by atoms with Gasteiger partial charge in [-0.15, -0.1) is 0 Å². The number of pyridine rings is 1. The first-order valence-corrected chi connectivity index (χ1v) is 13.3. The van der Waals surface area contributed by atoms with Gasteiger partial charge >= 0.3 is 0 Å². The van der Waals surface area contributed by atoms with Crippen LogP contribution in [-0.2, 0) is 17.8 Å². The summed E-state index contributed by atoms with van der Waals surface area (Å²) in [6.45, 7) is 9.47. The minimum absolute atomic E-state index is 0.196. The van der Waals surface area contributed by atoms with E-state index in [1.165, 1.54) is 0 Å². The van der Waals surface area contributed by atoms with E-state index < -0.39 is 16.1 Å². The standard InChI is InChI=1S/C23H26BrClN6OS/c1-14-20(24)31-18(5-8-27-31)21(28-14)30-9-6-23(7-10-30)12-17-16(11-15(25)13-26-17)19(23)29-33(32)22(2,3)4/h5,8,11,13H,6-7,9-10,12H2,1-4H3/b29-19+/t33-/m1/s1. The zero-order valence-electron chi connectivity index (χ0n) is 19.1. The molecule has 4 heterocycles. The highest BCUT2D eigenvalue weighted by Crippen LogP contribution is 2.46. The van der Waals surface area contributed by atoms with Gasteiger partial charge in [-0.05, 0) is 68.6 Å². The molecule has 0 bridgehead atoms. The first-order chi connectivity index (χ1) is 15.6. The van der Waals surface area contributed by atoms with Gasteiger partial charge in [0, 0.05) is 36.7 Å². The number of halogens is 2. The molecular formula is C23H26BrClN6OS. The second-order valence-electron chi connectivity index (χ2n) is 9.83. The summed E-state index contributed by atoms with van der Waals surface area (Å²) >= 11 is 8.53. The third-order valence-corrected chi connectivity index (χ3v) is 9.06. The maximum absolute atomic E-state index is 13.0. The molecule has 2 aliphatic rings. The fourth-order valence-corrected chi connectivity index (χ4v) is 5.97. The number of fused-ring (bicyclic) bond motifs is 2.